The number of hydrogen-bond acceptors (Lipinski definition) is 6. The quantitative estimate of drug-likeness (QED) is 0.446. The Balaban J connectivity index is 2.04. The molecule has 29 heavy (non-hydrogen) atoms. The van der Waals surface area contributed by atoms with E-state index in [9.17, 15) is 30.4 Å². The second kappa shape index (κ2) is 7.21. The molecule has 3 rings (SSSR count). The van der Waals surface area contributed by atoms with Gasteiger partial charge in [-0.2, -0.15) is 22.0 Å². The Kier molecular flexibility index (Phi) is 5.47. The molecular weight excluding hydrogens is 536 g/mol. The molecule has 2 aromatic heterocycles. The molecule has 2 aromatic rings. The highest BCUT2D eigenvalue weighted by atomic mass is 127. The molecule has 0 aliphatic carbocycles. The molecule has 1 aliphatic heterocycles. The minimum atomic E-state index is -5.81. The first-order chi connectivity index (χ1) is 13.3. The van der Waals surface area contributed by atoms with Crippen LogP contribution in [0.1, 0.15) is 25.4 Å². The number of fused-ring (bicyclic) bond motifs is 1. The zero-order valence-electron chi connectivity index (χ0n) is 15.0. The van der Waals surface area contributed by atoms with E-state index in [4.69, 9.17) is 0 Å². The molecule has 0 radical (unpaired) electrons. The minimum Gasteiger partial charge on any atom is -0.339 e. The number of anilines is 2. The van der Waals surface area contributed by atoms with Gasteiger partial charge in [0.1, 0.15) is 4.90 Å². The number of hydrogen-bond donors (Lipinski definition) is 2. The van der Waals surface area contributed by atoms with Gasteiger partial charge in [-0.15, -0.1) is 0 Å². The average Bonchev–Trinajstić information content (AvgIpc) is 3.03. The lowest BCUT2D eigenvalue weighted by molar-refractivity contribution is -0.292. The van der Waals surface area contributed by atoms with Gasteiger partial charge in [-0.3, -0.25) is 10.4 Å². The van der Waals surface area contributed by atoms with Crippen LogP contribution in [-0.4, -0.2) is 41.3 Å². The van der Waals surface area contributed by atoms with Crippen molar-refractivity contribution in [1.29, 1.82) is 0 Å². The zero-order valence-corrected chi connectivity index (χ0v) is 18.0. The number of pyridine rings is 1. The summed E-state index contributed by atoms with van der Waals surface area (Å²) in [5.41, 5.74) is 2.68. The van der Waals surface area contributed by atoms with Crippen LogP contribution < -0.4 is 10.4 Å². The summed E-state index contributed by atoms with van der Waals surface area (Å²) >= 11 is 1.90. The van der Waals surface area contributed by atoms with E-state index < -0.39 is 33.8 Å². The van der Waals surface area contributed by atoms with E-state index in [0.29, 0.717) is 3.57 Å². The van der Waals surface area contributed by atoms with Crippen molar-refractivity contribution in [1.82, 2.24) is 15.0 Å². The van der Waals surface area contributed by atoms with E-state index >= 15 is 0 Å². The maximum Gasteiger partial charge on any atom is 0.461 e. The third kappa shape index (κ3) is 3.87. The lowest BCUT2D eigenvalue weighted by atomic mass is 10.1. The smallest absolute Gasteiger partial charge is 0.339 e. The summed E-state index contributed by atoms with van der Waals surface area (Å²) in [6.07, 6.45) is -4.37. The van der Waals surface area contributed by atoms with Crippen LogP contribution in [-0.2, 0) is 22.2 Å². The minimum absolute atomic E-state index is 0.0116. The van der Waals surface area contributed by atoms with Gasteiger partial charge in [0.2, 0.25) is 0 Å². The van der Waals surface area contributed by atoms with Gasteiger partial charge in [0.25, 0.3) is 0 Å². The fourth-order valence-electron chi connectivity index (χ4n) is 2.78. The molecule has 0 aromatic carbocycles. The molecule has 0 bridgehead atoms. The third-order valence-electron chi connectivity index (χ3n) is 4.34. The number of hydrazine groups is 1. The lowest BCUT2D eigenvalue weighted by Crippen LogP contribution is -2.44. The van der Waals surface area contributed by atoms with E-state index in [1.54, 1.807) is 6.92 Å². The van der Waals surface area contributed by atoms with E-state index in [0.717, 1.165) is 0 Å². The van der Waals surface area contributed by atoms with E-state index in [-0.39, 0.29) is 34.4 Å². The van der Waals surface area contributed by atoms with Crippen molar-refractivity contribution in [3.8, 4) is 0 Å². The fraction of sp³-hybridized carbons (Fsp3) is 0.467. The summed E-state index contributed by atoms with van der Waals surface area (Å²) in [5.74, 6) is -7.12. The summed E-state index contributed by atoms with van der Waals surface area (Å²) in [6.45, 7) is 3.10. The second-order valence-electron chi connectivity index (χ2n) is 6.40. The number of imidazole rings is 1. The second-order valence-corrected chi connectivity index (χ2v) is 9.89. The highest BCUT2D eigenvalue weighted by Gasteiger charge is 2.61. The first kappa shape index (κ1) is 22.0. The standard InChI is InChI=1S/C15H15F5IN5O2S/c1-3-29(27,28)10-5-8(21)6-22-12(10)26-7(2)4-9-11(25-26)24-13(23-9)14(16,17)15(18,19)20/h5-7,25H,3-4H2,1-2H3,(H,23,24). The van der Waals surface area contributed by atoms with Crippen LogP contribution in [0, 0.1) is 3.57 Å². The Morgan fingerprint density at radius 3 is 2.55 bits per heavy atom. The molecule has 0 amide bonds. The van der Waals surface area contributed by atoms with Gasteiger partial charge < -0.3 is 4.98 Å². The Hall–Kier alpha value is -1.71. The number of rotatable bonds is 4. The zero-order chi connectivity index (χ0) is 21.8. The van der Waals surface area contributed by atoms with Crippen molar-refractivity contribution in [2.24, 2.45) is 0 Å². The summed E-state index contributed by atoms with van der Waals surface area (Å²) in [6, 6.07) is 0.896. The number of nitrogens with one attached hydrogen (secondary N) is 2. The van der Waals surface area contributed by atoms with Crippen molar-refractivity contribution < 1.29 is 30.4 Å². The third-order valence-corrected chi connectivity index (χ3v) is 6.66. The normalized spacial score (nSPS) is 17.8. The highest BCUT2D eigenvalue weighted by Crippen LogP contribution is 2.44. The van der Waals surface area contributed by atoms with Crippen LogP contribution in [0.5, 0.6) is 0 Å². The molecule has 2 N–H and O–H groups in total. The SMILES string of the molecule is CCS(=O)(=O)c1cc(I)cnc1N1Nc2nc(C(F)(F)C(F)(F)F)[nH]c2CC1C. The van der Waals surface area contributed by atoms with E-state index in [1.807, 2.05) is 27.6 Å². The molecule has 1 aliphatic rings. The van der Waals surface area contributed by atoms with Crippen LogP contribution >= 0.6 is 22.6 Å². The maximum absolute atomic E-state index is 13.6. The predicted octanol–water partition coefficient (Wildman–Crippen LogP) is 3.64. The Labute approximate surface area is 176 Å². The van der Waals surface area contributed by atoms with Crippen LogP contribution in [0.2, 0.25) is 0 Å². The number of aromatic amines is 1. The Morgan fingerprint density at radius 1 is 1.31 bits per heavy atom. The largest absolute Gasteiger partial charge is 0.461 e. The fourth-order valence-corrected chi connectivity index (χ4v) is 4.49. The Morgan fingerprint density at radius 2 is 1.97 bits per heavy atom. The number of alkyl halides is 5. The van der Waals surface area contributed by atoms with Crippen LogP contribution in [0.15, 0.2) is 17.2 Å². The first-order valence-corrected chi connectivity index (χ1v) is 11.0. The summed E-state index contributed by atoms with van der Waals surface area (Å²) in [7, 11) is -3.68. The van der Waals surface area contributed by atoms with Crippen molar-refractivity contribution in [2.75, 3.05) is 16.2 Å². The van der Waals surface area contributed by atoms with Gasteiger partial charge in [0, 0.05) is 16.2 Å². The van der Waals surface area contributed by atoms with Gasteiger partial charge in [0.15, 0.2) is 27.3 Å². The predicted molar refractivity (Wildman–Crippen MR) is 102 cm³/mol. The van der Waals surface area contributed by atoms with Gasteiger partial charge in [-0.05, 0) is 35.6 Å². The van der Waals surface area contributed by atoms with Gasteiger partial charge in [-0.1, -0.05) is 6.92 Å². The molecule has 1 unspecified atom stereocenters. The molecule has 160 valence electrons. The molecule has 3 heterocycles. The van der Waals surface area contributed by atoms with Crippen molar-refractivity contribution in [2.45, 2.75) is 43.3 Å². The monoisotopic (exact) mass is 551 g/mol. The molecule has 1 atom stereocenters. The molecule has 14 heteroatoms. The number of H-pyrrole nitrogens is 1. The number of halogens is 6. The number of aromatic nitrogens is 3. The van der Waals surface area contributed by atoms with Crippen molar-refractivity contribution >= 4 is 44.1 Å². The van der Waals surface area contributed by atoms with E-state index in [2.05, 4.69) is 15.4 Å². The molecule has 7 nitrogen and oxygen atoms in total. The summed E-state index contributed by atoms with van der Waals surface area (Å²) in [4.78, 5) is 9.48. The molecule has 0 saturated heterocycles. The topological polar surface area (TPSA) is 91.0 Å². The van der Waals surface area contributed by atoms with Gasteiger partial charge >= 0.3 is 12.1 Å². The number of sulfone groups is 1. The molecule has 0 saturated carbocycles. The summed E-state index contributed by atoms with van der Waals surface area (Å²) < 4.78 is 90.7. The van der Waals surface area contributed by atoms with Crippen molar-refractivity contribution in [3.63, 3.8) is 0 Å². The van der Waals surface area contributed by atoms with E-state index in [1.165, 1.54) is 24.2 Å². The van der Waals surface area contributed by atoms with Crippen molar-refractivity contribution in [3.05, 3.63) is 27.4 Å². The maximum atomic E-state index is 13.6. The van der Waals surface area contributed by atoms with Crippen LogP contribution in [0.4, 0.5) is 33.6 Å². The van der Waals surface area contributed by atoms with Gasteiger partial charge in [-0.25, -0.2) is 18.4 Å². The molecule has 0 spiro atoms. The summed E-state index contributed by atoms with van der Waals surface area (Å²) in [5, 5.41) is 1.30. The highest BCUT2D eigenvalue weighted by molar-refractivity contribution is 14.1. The molecular formula is C15H15F5IN5O2S. The first-order valence-electron chi connectivity index (χ1n) is 8.26. The number of nitrogens with zero attached hydrogens (tertiary/aromatic N) is 3. The Bertz CT molecular complexity index is 1040. The van der Waals surface area contributed by atoms with Gasteiger partial charge in [0.05, 0.1) is 17.5 Å². The van der Waals surface area contributed by atoms with Crippen LogP contribution in [0.25, 0.3) is 0 Å². The van der Waals surface area contributed by atoms with Crippen LogP contribution in [0.3, 0.4) is 0 Å². The average molecular weight is 551 g/mol. The lowest BCUT2D eigenvalue weighted by Gasteiger charge is -2.35. The molecule has 0 fully saturated rings.